The van der Waals surface area contributed by atoms with E-state index in [0.717, 1.165) is 6.29 Å². The van der Waals surface area contributed by atoms with Crippen LogP contribution in [0.1, 0.15) is 16.1 Å². The highest BCUT2D eigenvalue weighted by molar-refractivity contribution is 5.74. The maximum absolute atomic E-state index is 10.2. The summed E-state index contributed by atoms with van der Waals surface area (Å²) in [6, 6.07) is 3.14. The number of carbonyl (C=O) groups excluding carboxylic acids is 1. The van der Waals surface area contributed by atoms with Gasteiger partial charge in [0.1, 0.15) is 6.29 Å². The molecule has 0 aliphatic rings. The van der Waals surface area contributed by atoms with Crippen LogP contribution in [0.15, 0.2) is 18.3 Å². The molecule has 0 radical (unpaired) electrons. The molecular weight excluding hydrogens is 130 g/mol. The van der Waals surface area contributed by atoms with Gasteiger partial charge in [0, 0.05) is 11.8 Å². The number of aliphatic hydroxyl groups is 1. The summed E-state index contributed by atoms with van der Waals surface area (Å²) in [4.78, 5) is 14.0. The van der Waals surface area contributed by atoms with Crippen LogP contribution in [0.4, 0.5) is 0 Å². The molecule has 0 bridgehead atoms. The number of aromatic nitrogens is 1. The third kappa shape index (κ3) is 1.39. The van der Waals surface area contributed by atoms with Gasteiger partial charge < -0.3 is 5.11 Å². The Morgan fingerprint density at radius 1 is 1.70 bits per heavy atom. The Balaban J connectivity index is 2.98. The third-order valence-corrected chi connectivity index (χ3v) is 1.14. The molecule has 52 valence electrons. The van der Waals surface area contributed by atoms with Gasteiger partial charge in [-0.1, -0.05) is 0 Å². The van der Waals surface area contributed by atoms with Gasteiger partial charge in [0.2, 0.25) is 0 Å². The van der Waals surface area contributed by atoms with E-state index in [9.17, 15) is 4.79 Å². The van der Waals surface area contributed by atoms with Gasteiger partial charge >= 0.3 is 0 Å². The van der Waals surface area contributed by atoms with Gasteiger partial charge in [-0.2, -0.15) is 0 Å². The van der Waals surface area contributed by atoms with Crippen LogP contribution in [-0.4, -0.2) is 16.4 Å². The summed E-state index contributed by atoms with van der Waals surface area (Å²) in [6.45, 7) is -0.123. The fourth-order valence-electron chi connectivity index (χ4n) is 0.657. The van der Waals surface area contributed by atoms with Crippen LogP contribution < -0.4 is 0 Å². The highest BCUT2D eigenvalue weighted by Crippen LogP contribution is 1.97. The summed E-state index contributed by atoms with van der Waals surface area (Å²) >= 11 is 0. The van der Waals surface area contributed by atoms with Crippen molar-refractivity contribution in [2.75, 3.05) is 0 Å². The molecule has 0 unspecified atom stereocenters. The Hall–Kier alpha value is -1.22. The molecule has 0 saturated heterocycles. The first-order valence-electron chi connectivity index (χ1n) is 2.88. The van der Waals surface area contributed by atoms with Gasteiger partial charge in [0.15, 0.2) is 0 Å². The van der Waals surface area contributed by atoms with E-state index in [2.05, 4.69) is 4.98 Å². The molecule has 3 heteroatoms. The van der Waals surface area contributed by atoms with E-state index in [0.29, 0.717) is 11.3 Å². The first-order valence-corrected chi connectivity index (χ1v) is 2.88. The second kappa shape index (κ2) is 3.08. The summed E-state index contributed by atoms with van der Waals surface area (Å²) in [5, 5.41) is 8.58. The number of carbonyl (C=O) groups is 1. The molecule has 1 aromatic rings. The number of nitrogens with zero attached hydrogens (tertiary/aromatic N) is 1. The monoisotopic (exact) mass is 137 g/mol. The average molecular weight is 137 g/mol. The minimum Gasteiger partial charge on any atom is -0.390 e. The van der Waals surface area contributed by atoms with E-state index in [1.54, 1.807) is 12.1 Å². The summed E-state index contributed by atoms with van der Waals surface area (Å²) < 4.78 is 0. The summed E-state index contributed by atoms with van der Waals surface area (Å²) in [5.74, 6) is 0. The molecule has 1 aromatic heterocycles. The fraction of sp³-hybridized carbons (Fsp3) is 0.143. The predicted molar refractivity (Wildman–Crippen MR) is 35.5 cm³/mol. The van der Waals surface area contributed by atoms with Gasteiger partial charge in [-0.15, -0.1) is 0 Å². The molecule has 0 atom stereocenters. The Bertz CT molecular complexity index is 235. The summed E-state index contributed by atoms with van der Waals surface area (Å²) in [7, 11) is 0. The quantitative estimate of drug-likeness (QED) is 0.600. The van der Waals surface area contributed by atoms with Crippen LogP contribution in [0, 0.1) is 0 Å². The average Bonchev–Trinajstić information content (AvgIpc) is 2.05. The first kappa shape index (κ1) is 6.89. The standard InChI is InChI=1S/C7H7NO2/c9-4-6-1-2-8-7(3-6)5-10/h1-4,10H,5H2. The van der Waals surface area contributed by atoms with Gasteiger partial charge in [-0.05, 0) is 12.1 Å². The molecule has 3 nitrogen and oxygen atoms in total. The van der Waals surface area contributed by atoms with Gasteiger partial charge in [-0.3, -0.25) is 9.78 Å². The normalized spacial score (nSPS) is 9.30. The second-order valence-corrected chi connectivity index (χ2v) is 1.86. The number of hydrogen-bond donors (Lipinski definition) is 1. The Labute approximate surface area is 58.3 Å². The minimum atomic E-state index is -0.123. The smallest absolute Gasteiger partial charge is 0.150 e. The lowest BCUT2D eigenvalue weighted by Gasteiger charge is -1.93. The van der Waals surface area contributed by atoms with Crippen molar-refractivity contribution >= 4 is 6.29 Å². The lowest BCUT2D eigenvalue weighted by atomic mass is 10.2. The Morgan fingerprint density at radius 2 is 2.50 bits per heavy atom. The van der Waals surface area contributed by atoms with E-state index in [4.69, 9.17) is 5.11 Å². The van der Waals surface area contributed by atoms with Crippen LogP contribution >= 0.6 is 0 Å². The van der Waals surface area contributed by atoms with Crippen LogP contribution in [0.2, 0.25) is 0 Å². The first-order chi connectivity index (χ1) is 4.86. The molecule has 0 aromatic carbocycles. The number of pyridine rings is 1. The highest BCUT2D eigenvalue weighted by Gasteiger charge is 1.92. The van der Waals surface area contributed by atoms with Crippen molar-refractivity contribution in [3.63, 3.8) is 0 Å². The van der Waals surface area contributed by atoms with Crippen LogP contribution in [-0.2, 0) is 6.61 Å². The van der Waals surface area contributed by atoms with E-state index in [1.807, 2.05) is 0 Å². The zero-order valence-corrected chi connectivity index (χ0v) is 5.32. The number of aliphatic hydroxyl groups excluding tert-OH is 1. The molecule has 0 spiro atoms. The fourth-order valence-corrected chi connectivity index (χ4v) is 0.657. The van der Waals surface area contributed by atoms with Crippen molar-refractivity contribution in [1.29, 1.82) is 0 Å². The van der Waals surface area contributed by atoms with Gasteiger partial charge in [-0.25, -0.2) is 0 Å². The Kier molecular flexibility index (Phi) is 2.12. The molecule has 1 N–H and O–H groups in total. The maximum atomic E-state index is 10.2. The largest absolute Gasteiger partial charge is 0.390 e. The van der Waals surface area contributed by atoms with E-state index < -0.39 is 0 Å². The summed E-state index contributed by atoms with van der Waals surface area (Å²) in [5.41, 5.74) is 1.06. The molecule has 0 fully saturated rings. The second-order valence-electron chi connectivity index (χ2n) is 1.86. The zero-order chi connectivity index (χ0) is 7.40. The number of hydrogen-bond acceptors (Lipinski definition) is 3. The lowest BCUT2D eigenvalue weighted by molar-refractivity contribution is 0.112. The molecule has 1 heterocycles. The molecule has 0 amide bonds. The lowest BCUT2D eigenvalue weighted by Crippen LogP contribution is -1.89. The number of rotatable bonds is 2. The van der Waals surface area contributed by atoms with Crippen molar-refractivity contribution in [2.24, 2.45) is 0 Å². The topological polar surface area (TPSA) is 50.2 Å². The molecule has 0 aliphatic heterocycles. The van der Waals surface area contributed by atoms with Crippen molar-refractivity contribution in [1.82, 2.24) is 4.98 Å². The molecule has 10 heavy (non-hydrogen) atoms. The minimum absolute atomic E-state index is 0.123. The molecule has 1 rings (SSSR count). The SMILES string of the molecule is O=Cc1ccnc(CO)c1. The van der Waals surface area contributed by atoms with Crippen molar-refractivity contribution in [3.8, 4) is 0 Å². The van der Waals surface area contributed by atoms with E-state index >= 15 is 0 Å². The van der Waals surface area contributed by atoms with Crippen molar-refractivity contribution < 1.29 is 9.90 Å². The zero-order valence-electron chi connectivity index (χ0n) is 5.32. The van der Waals surface area contributed by atoms with E-state index in [-0.39, 0.29) is 6.61 Å². The molecule has 0 saturated carbocycles. The Morgan fingerprint density at radius 3 is 3.10 bits per heavy atom. The van der Waals surface area contributed by atoms with E-state index in [1.165, 1.54) is 6.20 Å². The van der Waals surface area contributed by atoms with Crippen LogP contribution in [0.3, 0.4) is 0 Å². The molecule has 0 aliphatic carbocycles. The third-order valence-electron chi connectivity index (χ3n) is 1.14. The van der Waals surface area contributed by atoms with Crippen LogP contribution in [0.25, 0.3) is 0 Å². The predicted octanol–water partition coefficient (Wildman–Crippen LogP) is 0.386. The van der Waals surface area contributed by atoms with Crippen molar-refractivity contribution in [3.05, 3.63) is 29.6 Å². The molecular formula is C7H7NO2. The maximum Gasteiger partial charge on any atom is 0.150 e. The van der Waals surface area contributed by atoms with Crippen molar-refractivity contribution in [2.45, 2.75) is 6.61 Å². The van der Waals surface area contributed by atoms with Crippen LogP contribution in [0.5, 0.6) is 0 Å². The highest BCUT2D eigenvalue weighted by atomic mass is 16.3. The number of aldehydes is 1. The van der Waals surface area contributed by atoms with Gasteiger partial charge in [0.05, 0.1) is 12.3 Å². The summed E-state index contributed by atoms with van der Waals surface area (Å²) in [6.07, 6.45) is 2.22. The van der Waals surface area contributed by atoms with Gasteiger partial charge in [0.25, 0.3) is 0 Å².